The van der Waals surface area contributed by atoms with E-state index in [1.165, 1.54) is 16.7 Å². The van der Waals surface area contributed by atoms with E-state index in [9.17, 15) is 5.11 Å². The summed E-state index contributed by atoms with van der Waals surface area (Å²) in [4.78, 5) is 2.39. The van der Waals surface area contributed by atoms with Crippen LogP contribution >= 0.6 is 0 Å². The summed E-state index contributed by atoms with van der Waals surface area (Å²) in [6.07, 6.45) is -0.0352. The average Bonchev–Trinajstić information content (AvgIpc) is 2.35. The van der Waals surface area contributed by atoms with E-state index in [1.807, 2.05) is 0 Å². The second-order valence-electron chi connectivity index (χ2n) is 5.35. The second-order valence-corrected chi connectivity index (χ2v) is 5.35. The van der Waals surface area contributed by atoms with Gasteiger partial charge >= 0.3 is 0 Å². The lowest BCUT2D eigenvalue weighted by Gasteiger charge is -2.37. The van der Waals surface area contributed by atoms with Crippen LogP contribution in [0.25, 0.3) is 0 Å². The summed E-state index contributed by atoms with van der Waals surface area (Å²) in [6, 6.07) is 7.01. The van der Waals surface area contributed by atoms with E-state index in [0.717, 1.165) is 13.1 Å². The topological polar surface area (TPSA) is 32.7 Å². The van der Waals surface area contributed by atoms with Crippen LogP contribution in [-0.2, 0) is 11.3 Å². The number of hydrogen-bond acceptors (Lipinski definition) is 3. The van der Waals surface area contributed by atoms with Gasteiger partial charge in [-0.2, -0.15) is 0 Å². The minimum Gasteiger partial charge on any atom is -0.394 e. The van der Waals surface area contributed by atoms with Crippen molar-refractivity contribution in [3.8, 4) is 0 Å². The minimum absolute atomic E-state index is 0.0352. The third kappa shape index (κ3) is 3.10. The van der Waals surface area contributed by atoms with Crippen molar-refractivity contribution >= 4 is 0 Å². The molecule has 1 aromatic carbocycles. The summed E-state index contributed by atoms with van der Waals surface area (Å²) in [5.74, 6) is 0. The molecule has 0 amide bonds. The van der Waals surface area contributed by atoms with Crippen molar-refractivity contribution in [1.82, 2.24) is 4.90 Å². The summed E-state index contributed by atoms with van der Waals surface area (Å²) in [5.41, 5.74) is 4.01. The molecule has 3 nitrogen and oxygen atoms in total. The van der Waals surface area contributed by atoms with Gasteiger partial charge in [0.25, 0.3) is 0 Å². The molecule has 1 aromatic rings. The van der Waals surface area contributed by atoms with Gasteiger partial charge in [-0.1, -0.05) is 23.8 Å². The molecule has 0 aliphatic carbocycles. The Bertz CT molecular complexity index is 405. The summed E-state index contributed by atoms with van der Waals surface area (Å²) in [5, 5.41) is 9.20. The Balaban J connectivity index is 2.07. The first-order valence-corrected chi connectivity index (χ1v) is 6.62. The van der Waals surface area contributed by atoms with Crippen LogP contribution in [0.5, 0.6) is 0 Å². The first kappa shape index (κ1) is 13.5. The van der Waals surface area contributed by atoms with Crippen LogP contribution in [0.3, 0.4) is 0 Å². The molecule has 0 bridgehead atoms. The van der Waals surface area contributed by atoms with Crippen molar-refractivity contribution < 1.29 is 9.84 Å². The zero-order valence-corrected chi connectivity index (χ0v) is 11.5. The monoisotopic (exact) mass is 249 g/mol. The standard InChI is InChI=1S/C15H23NO2/c1-11-4-5-14(12(2)6-11)7-16-8-15(9-17)18-10-13(16)3/h4-6,13,15,17H,7-10H2,1-3H3/t13-,15+/m0/s1. The van der Waals surface area contributed by atoms with E-state index >= 15 is 0 Å². The van der Waals surface area contributed by atoms with Crippen molar-refractivity contribution in [1.29, 1.82) is 0 Å². The Morgan fingerprint density at radius 1 is 1.39 bits per heavy atom. The van der Waals surface area contributed by atoms with E-state index in [0.29, 0.717) is 12.6 Å². The Morgan fingerprint density at radius 2 is 2.17 bits per heavy atom. The van der Waals surface area contributed by atoms with Crippen molar-refractivity contribution in [2.24, 2.45) is 0 Å². The number of morpholine rings is 1. The van der Waals surface area contributed by atoms with Gasteiger partial charge in [-0.15, -0.1) is 0 Å². The summed E-state index contributed by atoms with van der Waals surface area (Å²) >= 11 is 0. The van der Waals surface area contributed by atoms with Crippen molar-refractivity contribution in [2.75, 3.05) is 19.8 Å². The number of hydrogen-bond donors (Lipinski definition) is 1. The first-order chi connectivity index (χ1) is 8.60. The second kappa shape index (κ2) is 5.83. The lowest BCUT2D eigenvalue weighted by Crippen LogP contribution is -2.48. The zero-order valence-electron chi connectivity index (χ0n) is 11.5. The molecular formula is C15H23NO2. The number of rotatable bonds is 3. The van der Waals surface area contributed by atoms with Crippen LogP contribution in [0.2, 0.25) is 0 Å². The number of nitrogens with zero attached hydrogens (tertiary/aromatic N) is 1. The van der Waals surface area contributed by atoms with Crippen LogP contribution in [0, 0.1) is 13.8 Å². The Hall–Kier alpha value is -0.900. The van der Waals surface area contributed by atoms with Gasteiger partial charge in [0.15, 0.2) is 0 Å². The fraction of sp³-hybridized carbons (Fsp3) is 0.600. The van der Waals surface area contributed by atoms with Crippen molar-refractivity contribution in [3.05, 3.63) is 34.9 Å². The maximum atomic E-state index is 9.20. The molecule has 0 radical (unpaired) electrons. The molecule has 0 unspecified atom stereocenters. The minimum atomic E-state index is -0.0352. The summed E-state index contributed by atoms with van der Waals surface area (Å²) in [7, 11) is 0. The Morgan fingerprint density at radius 3 is 2.83 bits per heavy atom. The largest absolute Gasteiger partial charge is 0.394 e. The van der Waals surface area contributed by atoms with Crippen LogP contribution in [0.15, 0.2) is 18.2 Å². The molecule has 1 fully saturated rings. The zero-order chi connectivity index (χ0) is 13.1. The average molecular weight is 249 g/mol. The van der Waals surface area contributed by atoms with Crippen molar-refractivity contribution in [2.45, 2.75) is 39.5 Å². The van der Waals surface area contributed by atoms with E-state index < -0.39 is 0 Å². The highest BCUT2D eigenvalue weighted by atomic mass is 16.5. The fourth-order valence-corrected chi connectivity index (χ4v) is 2.45. The van der Waals surface area contributed by atoms with Crippen LogP contribution in [0.4, 0.5) is 0 Å². The van der Waals surface area contributed by atoms with Gasteiger partial charge in [0.05, 0.1) is 19.3 Å². The normalized spacial score (nSPS) is 25.3. The molecule has 100 valence electrons. The molecule has 0 saturated carbocycles. The molecule has 0 aromatic heterocycles. The van der Waals surface area contributed by atoms with E-state index in [-0.39, 0.29) is 12.7 Å². The predicted octanol–water partition coefficient (Wildman–Crippen LogP) is 1.89. The summed E-state index contributed by atoms with van der Waals surface area (Å²) in [6.45, 7) is 9.02. The molecule has 1 aliphatic rings. The van der Waals surface area contributed by atoms with Gasteiger partial charge in [-0.25, -0.2) is 0 Å². The fourth-order valence-electron chi connectivity index (χ4n) is 2.45. The number of benzene rings is 1. The van der Waals surface area contributed by atoms with Gasteiger partial charge < -0.3 is 9.84 Å². The number of ether oxygens (including phenoxy) is 1. The maximum absolute atomic E-state index is 9.20. The van der Waals surface area contributed by atoms with Crippen LogP contribution in [0.1, 0.15) is 23.6 Å². The highest BCUT2D eigenvalue weighted by Crippen LogP contribution is 2.18. The molecule has 1 heterocycles. The molecular weight excluding hydrogens is 226 g/mol. The van der Waals surface area contributed by atoms with Gasteiger partial charge in [0.1, 0.15) is 0 Å². The molecule has 1 N–H and O–H groups in total. The molecule has 2 atom stereocenters. The molecule has 3 heteroatoms. The van der Waals surface area contributed by atoms with Gasteiger partial charge in [0, 0.05) is 19.1 Å². The predicted molar refractivity (Wildman–Crippen MR) is 72.6 cm³/mol. The first-order valence-electron chi connectivity index (χ1n) is 6.62. The number of aliphatic hydroxyl groups is 1. The highest BCUT2D eigenvalue weighted by Gasteiger charge is 2.25. The number of aliphatic hydroxyl groups excluding tert-OH is 1. The maximum Gasteiger partial charge on any atom is 0.0933 e. The van der Waals surface area contributed by atoms with Gasteiger partial charge in [-0.05, 0) is 31.9 Å². The molecule has 0 spiro atoms. The third-order valence-electron chi connectivity index (χ3n) is 3.71. The molecule has 1 saturated heterocycles. The lowest BCUT2D eigenvalue weighted by molar-refractivity contribution is -0.0806. The van der Waals surface area contributed by atoms with E-state index in [4.69, 9.17) is 4.74 Å². The molecule has 1 aliphatic heterocycles. The Labute approximate surface area is 109 Å². The quantitative estimate of drug-likeness (QED) is 0.888. The molecule has 2 rings (SSSR count). The number of aryl methyl sites for hydroxylation is 2. The SMILES string of the molecule is Cc1ccc(CN2C[C@H](CO)OC[C@@H]2C)c(C)c1. The smallest absolute Gasteiger partial charge is 0.0933 e. The van der Waals surface area contributed by atoms with E-state index in [1.54, 1.807) is 0 Å². The van der Waals surface area contributed by atoms with Gasteiger partial charge in [0.2, 0.25) is 0 Å². The van der Waals surface area contributed by atoms with Crippen LogP contribution in [-0.4, -0.2) is 41.9 Å². The van der Waals surface area contributed by atoms with E-state index in [2.05, 4.69) is 43.9 Å². The highest BCUT2D eigenvalue weighted by molar-refractivity contribution is 5.30. The van der Waals surface area contributed by atoms with Crippen molar-refractivity contribution in [3.63, 3.8) is 0 Å². The lowest BCUT2D eigenvalue weighted by atomic mass is 10.0. The van der Waals surface area contributed by atoms with Gasteiger partial charge in [-0.3, -0.25) is 4.90 Å². The summed E-state index contributed by atoms with van der Waals surface area (Å²) < 4.78 is 5.57. The molecule has 18 heavy (non-hydrogen) atoms. The van der Waals surface area contributed by atoms with Crippen LogP contribution < -0.4 is 0 Å². The third-order valence-corrected chi connectivity index (χ3v) is 3.71. The Kier molecular flexibility index (Phi) is 4.38.